The fourth-order valence-electron chi connectivity index (χ4n) is 1.68. The van der Waals surface area contributed by atoms with E-state index in [0.29, 0.717) is 10.9 Å². The van der Waals surface area contributed by atoms with Crippen LogP contribution in [0.5, 0.6) is 0 Å². The van der Waals surface area contributed by atoms with Gasteiger partial charge in [0.25, 0.3) is 5.91 Å². The lowest BCUT2D eigenvalue weighted by Crippen LogP contribution is -2.56. The number of allylic oxidation sites excluding steroid dienone is 2. The summed E-state index contributed by atoms with van der Waals surface area (Å²) in [5, 5.41) is 9.60. The highest BCUT2D eigenvalue weighted by Gasteiger charge is 2.45. The predicted molar refractivity (Wildman–Crippen MR) is 58.0 cm³/mol. The number of carbonyl (C=O) groups is 2. The van der Waals surface area contributed by atoms with Gasteiger partial charge in [0.05, 0.1) is 11.5 Å². The second-order valence-corrected chi connectivity index (χ2v) is 4.27. The molecule has 0 fully saturated rings. The zero-order chi connectivity index (χ0) is 11.9. The molecule has 16 heavy (non-hydrogen) atoms. The van der Waals surface area contributed by atoms with E-state index in [4.69, 9.17) is 11.6 Å². The Balaban J connectivity index is 2.52. The number of nitrogens with zero attached hydrogens (tertiary/aromatic N) is 2. The van der Waals surface area contributed by atoms with Crippen LogP contribution >= 0.6 is 11.6 Å². The van der Waals surface area contributed by atoms with Crippen LogP contribution in [-0.2, 0) is 9.59 Å². The molecule has 0 aromatic heterocycles. The van der Waals surface area contributed by atoms with Crippen LogP contribution in [0.15, 0.2) is 28.4 Å². The number of amidine groups is 1. The molecule has 0 bridgehead atoms. The summed E-state index contributed by atoms with van der Waals surface area (Å²) in [5.74, 6) is -1.21. The van der Waals surface area contributed by atoms with E-state index in [1.807, 2.05) is 0 Å². The number of aliphatic imine (C=N–C) groups is 1. The number of rotatable bonds is 1. The van der Waals surface area contributed by atoms with Gasteiger partial charge < -0.3 is 10.0 Å². The molecule has 6 heteroatoms. The Morgan fingerprint density at radius 2 is 2.31 bits per heavy atom. The largest absolute Gasteiger partial charge is 0.479 e. The van der Waals surface area contributed by atoms with Gasteiger partial charge in [0.2, 0.25) is 0 Å². The molecule has 5 nitrogen and oxygen atoms in total. The number of halogens is 1. The number of carboxylic acids is 1. The smallest absolute Gasteiger partial charge is 0.330 e. The summed E-state index contributed by atoms with van der Waals surface area (Å²) in [6, 6.07) is 0. The molecule has 2 rings (SSSR count). The summed E-state index contributed by atoms with van der Waals surface area (Å²) >= 11 is 5.80. The van der Waals surface area contributed by atoms with Gasteiger partial charge >= 0.3 is 5.97 Å². The number of amides is 1. The van der Waals surface area contributed by atoms with Crippen molar-refractivity contribution < 1.29 is 14.7 Å². The molecule has 1 atom stereocenters. The van der Waals surface area contributed by atoms with E-state index >= 15 is 0 Å². The maximum absolute atomic E-state index is 11.4. The lowest BCUT2D eigenvalue weighted by atomic mass is 9.92. The van der Waals surface area contributed by atoms with Crippen LogP contribution in [0.1, 0.15) is 13.3 Å². The maximum atomic E-state index is 11.4. The lowest BCUT2D eigenvalue weighted by molar-refractivity contribution is -0.149. The van der Waals surface area contributed by atoms with Crippen molar-refractivity contribution in [3.05, 3.63) is 23.4 Å². The number of hydrogen-bond acceptors (Lipinski definition) is 3. The highest BCUT2D eigenvalue weighted by Crippen LogP contribution is 2.30. The number of carboxylic acid groups (broad SMARTS) is 1. The molecule has 2 aliphatic rings. The monoisotopic (exact) mass is 240 g/mol. The molecule has 2 heterocycles. The maximum Gasteiger partial charge on any atom is 0.330 e. The van der Waals surface area contributed by atoms with Gasteiger partial charge in [0.15, 0.2) is 0 Å². The predicted octanol–water partition coefficient (Wildman–Crippen LogP) is 1.11. The summed E-state index contributed by atoms with van der Waals surface area (Å²) in [6.07, 6.45) is 4.40. The molecule has 1 N–H and O–H groups in total. The normalized spacial score (nSPS) is 28.4. The molecule has 0 unspecified atom stereocenters. The van der Waals surface area contributed by atoms with Crippen molar-refractivity contribution in [2.45, 2.75) is 18.9 Å². The highest BCUT2D eigenvalue weighted by atomic mass is 35.5. The molecule has 0 spiro atoms. The van der Waals surface area contributed by atoms with E-state index in [2.05, 4.69) is 4.99 Å². The third-order valence-electron chi connectivity index (χ3n) is 2.62. The van der Waals surface area contributed by atoms with Crippen LogP contribution in [0, 0.1) is 0 Å². The van der Waals surface area contributed by atoms with Crippen LogP contribution in [0.3, 0.4) is 0 Å². The molecule has 0 saturated heterocycles. The van der Waals surface area contributed by atoms with Crippen LogP contribution < -0.4 is 0 Å². The van der Waals surface area contributed by atoms with Gasteiger partial charge in [0, 0.05) is 6.20 Å². The van der Waals surface area contributed by atoms with Crippen LogP contribution in [0.4, 0.5) is 0 Å². The fraction of sp³-hybridized carbons (Fsp3) is 0.300. The third kappa shape index (κ3) is 1.53. The second-order valence-electron chi connectivity index (χ2n) is 3.84. The zero-order valence-electron chi connectivity index (χ0n) is 8.48. The van der Waals surface area contributed by atoms with Gasteiger partial charge in [-0.15, -0.1) is 0 Å². The Morgan fingerprint density at radius 3 is 2.94 bits per heavy atom. The minimum Gasteiger partial charge on any atom is -0.479 e. The van der Waals surface area contributed by atoms with Crippen molar-refractivity contribution in [3.63, 3.8) is 0 Å². The Kier molecular flexibility index (Phi) is 2.35. The fourth-order valence-corrected chi connectivity index (χ4v) is 1.84. The van der Waals surface area contributed by atoms with Crippen LogP contribution in [0.25, 0.3) is 0 Å². The van der Waals surface area contributed by atoms with Crippen molar-refractivity contribution in [2.75, 3.05) is 0 Å². The van der Waals surface area contributed by atoms with Crippen LogP contribution in [0.2, 0.25) is 0 Å². The highest BCUT2D eigenvalue weighted by molar-refractivity contribution is 6.32. The summed E-state index contributed by atoms with van der Waals surface area (Å²) < 4.78 is 0. The minimum absolute atomic E-state index is 0.166. The van der Waals surface area contributed by atoms with E-state index < -0.39 is 17.4 Å². The Bertz CT molecular complexity index is 467. The van der Waals surface area contributed by atoms with Gasteiger partial charge in [-0.25, -0.2) is 4.79 Å². The standard InChI is InChI=1S/C10H9ClN2O3/c1-10(9(15)16)4-8(14)12-7-3-2-6(11)5-13(7)10/h2-3,5H,4H2,1H3,(H,15,16)/t10-/m0/s1. The molecule has 2 aliphatic heterocycles. The van der Waals surface area contributed by atoms with E-state index in [0.717, 1.165) is 0 Å². The Labute approximate surface area is 96.7 Å². The first-order valence-corrected chi connectivity index (χ1v) is 5.01. The quantitative estimate of drug-likeness (QED) is 0.745. The van der Waals surface area contributed by atoms with Crippen molar-refractivity contribution in [1.29, 1.82) is 0 Å². The van der Waals surface area contributed by atoms with Crippen molar-refractivity contribution >= 4 is 29.3 Å². The molecule has 1 amide bonds. The van der Waals surface area contributed by atoms with Crippen molar-refractivity contribution in [3.8, 4) is 0 Å². The molecular formula is C10H9ClN2O3. The first-order valence-electron chi connectivity index (χ1n) is 4.63. The van der Waals surface area contributed by atoms with Crippen LogP contribution in [-0.4, -0.2) is 33.3 Å². The molecular weight excluding hydrogens is 232 g/mol. The number of hydrogen-bond donors (Lipinski definition) is 1. The van der Waals surface area contributed by atoms with Crippen molar-refractivity contribution in [2.24, 2.45) is 4.99 Å². The molecule has 0 radical (unpaired) electrons. The molecule has 0 aromatic carbocycles. The summed E-state index contributed by atoms with van der Waals surface area (Å²) in [4.78, 5) is 27.8. The van der Waals surface area contributed by atoms with Gasteiger partial charge in [-0.1, -0.05) is 11.6 Å². The molecule has 84 valence electrons. The first kappa shape index (κ1) is 10.9. The SMILES string of the molecule is C[C@@]1(C(=O)O)CC(=O)N=C2C=CC(Cl)=CN21. The molecule has 0 saturated carbocycles. The second kappa shape index (κ2) is 3.45. The molecule has 0 aliphatic carbocycles. The Morgan fingerprint density at radius 1 is 1.62 bits per heavy atom. The minimum atomic E-state index is -1.32. The average molecular weight is 241 g/mol. The molecule has 0 aromatic rings. The van der Waals surface area contributed by atoms with Gasteiger partial charge in [-0.3, -0.25) is 4.79 Å². The first-order chi connectivity index (χ1) is 7.43. The topological polar surface area (TPSA) is 70.0 Å². The third-order valence-corrected chi connectivity index (χ3v) is 2.84. The van der Waals surface area contributed by atoms with Gasteiger partial charge in [0.1, 0.15) is 11.4 Å². The van der Waals surface area contributed by atoms with E-state index in [9.17, 15) is 14.7 Å². The summed E-state index contributed by atoms with van der Waals surface area (Å²) in [7, 11) is 0. The van der Waals surface area contributed by atoms with Gasteiger partial charge in [-0.05, 0) is 19.1 Å². The Hall–Kier alpha value is -1.62. The lowest BCUT2D eigenvalue weighted by Gasteiger charge is -2.39. The van der Waals surface area contributed by atoms with E-state index in [1.165, 1.54) is 24.1 Å². The number of fused-ring (bicyclic) bond motifs is 1. The number of carbonyl (C=O) groups excluding carboxylic acids is 1. The van der Waals surface area contributed by atoms with Gasteiger partial charge in [-0.2, -0.15) is 4.99 Å². The summed E-state index contributed by atoms with van der Waals surface area (Å²) in [5.41, 5.74) is -1.32. The van der Waals surface area contributed by atoms with E-state index in [1.54, 1.807) is 6.08 Å². The average Bonchev–Trinajstić information content (AvgIpc) is 2.19. The summed E-state index contributed by atoms with van der Waals surface area (Å²) in [6.45, 7) is 1.47. The number of aliphatic carboxylic acids is 1. The van der Waals surface area contributed by atoms with E-state index in [-0.39, 0.29) is 6.42 Å². The van der Waals surface area contributed by atoms with Crippen molar-refractivity contribution in [1.82, 2.24) is 4.90 Å². The zero-order valence-corrected chi connectivity index (χ0v) is 9.23.